The smallest absolute Gasteiger partial charge is 0.260 e. The fraction of sp³-hybridized carbons (Fsp3) is 0.562. The number of rotatable bonds is 4. The molecule has 2 aliphatic rings. The number of piperidine rings is 1. The maximum absolute atomic E-state index is 12.3. The van der Waals surface area contributed by atoms with Crippen LogP contribution in [0.1, 0.15) is 32.6 Å². The van der Waals surface area contributed by atoms with Crippen LogP contribution in [-0.4, -0.2) is 30.1 Å². The largest absolute Gasteiger partial charge is 0.481 e. The van der Waals surface area contributed by atoms with Crippen LogP contribution in [0.15, 0.2) is 28.7 Å². The maximum Gasteiger partial charge on any atom is 0.260 e. The summed E-state index contributed by atoms with van der Waals surface area (Å²) in [7, 11) is 0. The van der Waals surface area contributed by atoms with Crippen molar-refractivity contribution in [2.45, 2.75) is 56.8 Å². The molecule has 22 heavy (non-hydrogen) atoms. The van der Waals surface area contributed by atoms with Gasteiger partial charge in [-0.2, -0.15) is 0 Å². The first-order valence-corrected chi connectivity index (χ1v) is 8.38. The van der Waals surface area contributed by atoms with Gasteiger partial charge in [0.1, 0.15) is 5.75 Å². The molecule has 0 spiro atoms. The highest BCUT2D eigenvalue weighted by Gasteiger charge is 2.34. The number of benzene rings is 1. The van der Waals surface area contributed by atoms with Crippen molar-refractivity contribution in [1.29, 1.82) is 0 Å². The van der Waals surface area contributed by atoms with Crippen molar-refractivity contribution in [3.63, 3.8) is 0 Å². The first kappa shape index (κ1) is 17.6. The van der Waals surface area contributed by atoms with Crippen LogP contribution in [0.25, 0.3) is 0 Å². The summed E-state index contributed by atoms with van der Waals surface area (Å²) in [6.45, 7) is 1.80. The minimum atomic E-state index is -0.480. The fourth-order valence-electron chi connectivity index (χ4n) is 3.29. The number of ether oxygens (including phenoxy) is 1. The van der Waals surface area contributed by atoms with Gasteiger partial charge in [0.05, 0.1) is 0 Å². The molecule has 3 atom stereocenters. The van der Waals surface area contributed by atoms with E-state index in [0.717, 1.165) is 17.3 Å². The molecule has 0 radical (unpaired) electrons. The summed E-state index contributed by atoms with van der Waals surface area (Å²) in [4.78, 5) is 12.3. The predicted octanol–water partition coefficient (Wildman–Crippen LogP) is 3.04. The molecule has 2 N–H and O–H groups in total. The van der Waals surface area contributed by atoms with E-state index in [1.165, 1.54) is 12.8 Å². The van der Waals surface area contributed by atoms with E-state index in [9.17, 15) is 4.79 Å². The highest BCUT2D eigenvalue weighted by molar-refractivity contribution is 9.10. The van der Waals surface area contributed by atoms with Crippen LogP contribution in [0, 0.1) is 0 Å². The van der Waals surface area contributed by atoms with Crippen molar-refractivity contribution in [2.24, 2.45) is 0 Å². The fourth-order valence-corrected chi connectivity index (χ4v) is 3.67. The van der Waals surface area contributed by atoms with Gasteiger partial charge in [-0.1, -0.05) is 22.0 Å². The van der Waals surface area contributed by atoms with Crippen molar-refractivity contribution < 1.29 is 9.53 Å². The number of nitrogens with one attached hydrogen (secondary N) is 2. The van der Waals surface area contributed by atoms with Gasteiger partial charge in [0.15, 0.2) is 6.10 Å². The Balaban J connectivity index is 0.00000176. The number of hydrogen-bond acceptors (Lipinski definition) is 3. The summed E-state index contributed by atoms with van der Waals surface area (Å²) in [5.41, 5.74) is 0. The van der Waals surface area contributed by atoms with E-state index in [0.29, 0.717) is 17.8 Å². The third-order valence-corrected chi connectivity index (χ3v) is 4.79. The van der Waals surface area contributed by atoms with Crippen LogP contribution in [-0.2, 0) is 4.79 Å². The van der Waals surface area contributed by atoms with E-state index in [4.69, 9.17) is 4.74 Å². The summed E-state index contributed by atoms with van der Waals surface area (Å²) in [5, 5.41) is 6.72. The Kier molecular flexibility index (Phi) is 6.12. The number of hydrogen-bond donors (Lipinski definition) is 2. The van der Waals surface area contributed by atoms with E-state index in [1.54, 1.807) is 6.92 Å². The van der Waals surface area contributed by atoms with Crippen molar-refractivity contribution in [1.82, 2.24) is 10.6 Å². The van der Waals surface area contributed by atoms with Crippen molar-refractivity contribution in [2.75, 3.05) is 0 Å². The molecular formula is C16H22BrClN2O2. The topological polar surface area (TPSA) is 50.4 Å². The van der Waals surface area contributed by atoms with Crippen molar-refractivity contribution >= 4 is 34.2 Å². The summed E-state index contributed by atoms with van der Waals surface area (Å²) in [5.74, 6) is 0.679. The zero-order valence-corrected chi connectivity index (χ0v) is 15.0. The van der Waals surface area contributed by atoms with Gasteiger partial charge in [-0.3, -0.25) is 4.79 Å². The molecule has 3 unspecified atom stereocenters. The van der Waals surface area contributed by atoms with E-state index in [2.05, 4.69) is 26.6 Å². The Labute approximate surface area is 145 Å². The first-order valence-electron chi connectivity index (χ1n) is 7.59. The van der Waals surface area contributed by atoms with Gasteiger partial charge in [-0.15, -0.1) is 12.4 Å². The SMILES string of the molecule is CC(Oc1cccc(Br)c1)C(=O)NC1CC2CCC(C1)N2.Cl. The van der Waals surface area contributed by atoms with Gasteiger partial charge in [-0.05, 0) is 50.8 Å². The maximum atomic E-state index is 12.3. The second kappa shape index (κ2) is 7.66. The molecule has 2 fully saturated rings. The summed E-state index contributed by atoms with van der Waals surface area (Å²) < 4.78 is 6.66. The number of fused-ring (bicyclic) bond motifs is 2. The van der Waals surface area contributed by atoms with Gasteiger partial charge in [0, 0.05) is 22.6 Å². The third-order valence-electron chi connectivity index (χ3n) is 4.30. The highest BCUT2D eigenvalue weighted by Crippen LogP contribution is 2.27. The predicted molar refractivity (Wildman–Crippen MR) is 92.6 cm³/mol. The van der Waals surface area contributed by atoms with Crippen LogP contribution in [0.2, 0.25) is 0 Å². The first-order chi connectivity index (χ1) is 10.1. The molecule has 4 nitrogen and oxygen atoms in total. The molecule has 1 aromatic carbocycles. The van der Waals surface area contributed by atoms with Gasteiger partial charge in [-0.25, -0.2) is 0 Å². The second-order valence-electron chi connectivity index (χ2n) is 6.03. The van der Waals surface area contributed by atoms with Gasteiger partial charge in [0.2, 0.25) is 0 Å². The van der Waals surface area contributed by atoms with Crippen LogP contribution >= 0.6 is 28.3 Å². The Morgan fingerprint density at radius 3 is 2.68 bits per heavy atom. The molecular weight excluding hydrogens is 368 g/mol. The average molecular weight is 390 g/mol. The van der Waals surface area contributed by atoms with Crippen LogP contribution in [0.4, 0.5) is 0 Å². The Bertz CT molecular complexity index is 517. The normalized spacial score (nSPS) is 27.6. The zero-order valence-electron chi connectivity index (χ0n) is 12.5. The lowest BCUT2D eigenvalue weighted by Gasteiger charge is -2.30. The standard InChI is InChI=1S/C16H21BrN2O2.ClH/c1-10(21-15-4-2-3-11(17)7-15)16(20)19-14-8-12-5-6-13(9-14)18-12;/h2-4,7,10,12-14,18H,5-6,8-9H2,1H3,(H,19,20);1H. The van der Waals surface area contributed by atoms with E-state index < -0.39 is 6.10 Å². The number of halogens is 2. The molecule has 0 saturated carbocycles. The van der Waals surface area contributed by atoms with E-state index in [1.807, 2.05) is 24.3 Å². The molecule has 1 aromatic rings. The van der Waals surface area contributed by atoms with Gasteiger partial charge >= 0.3 is 0 Å². The second-order valence-corrected chi connectivity index (χ2v) is 6.95. The monoisotopic (exact) mass is 388 g/mol. The molecule has 2 heterocycles. The van der Waals surface area contributed by atoms with E-state index in [-0.39, 0.29) is 24.4 Å². The lowest BCUT2D eigenvalue weighted by molar-refractivity contribution is -0.128. The lowest BCUT2D eigenvalue weighted by atomic mass is 9.99. The van der Waals surface area contributed by atoms with Crippen molar-refractivity contribution in [3.8, 4) is 5.75 Å². The minimum absolute atomic E-state index is 0. The van der Waals surface area contributed by atoms with Crippen LogP contribution < -0.4 is 15.4 Å². The van der Waals surface area contributed by atoms with Gasteiger partial charge < -0.3 is 15.4 Å². The Morgan fingerprint density at radius 2 is 2.05 bits per heavy atom. The van der Waals surface area contributed by atoms with Crippen LogP contribution in [0.3, 0.4) is 0 Å². The molecule has 0 aliphatic carbocycles. The molecule has 0 aromatic heterocycles. The van der Waals surface area contributed by atoms with Crippen molar-refractivity contribution in [3.05, 3.63) is 28.7 Å². The summed E-state index contributed by atoms with van der Waals surface area (Å²) >= 11 is 3.40. The minimum Gasteiger partial charge on any atom is -0.481 e. The quantitative estimate of drug-likeness (QED) is 0.832. The van der Waals surface area contributed by atoms with Gasteiger partial charge in [0.25, 0.3) is 5.91 Å². The molecule has 6 heteroatoms. The summed E-state index contributed by atoms with van der Waals surface area (Å²) in [6, 6.07) is 9.00. The molecule has 3 rings (SSSR count). The highest BCUT2D eigenvalue weighted by atomic mass is 79.9. The number of carbonyl (C=O) groups excluding carboxylic acids is 1. The molecule has 2 aliphatic heterocycles. The average Bonchev–Trinajstić information content (AvgIpc) is 2.78. The third kappa shape index (κ3) is 4.37. The number of amides is 1. The number of carbonyl (C=O) groups is 1. The molecule has 2 saturated heterocycles. The molecule has 1 amide bonds. The van der Waals surface area contributed by atoms with Crippen LogP contribution in [0.5, 0.6) is 5.75 Å². The van der Waals surface area contributed by atoms with E-state index >= 15 is 0 Å². The Hall–Kier alpha value is -0.780. The summed E-state index contributed by atoms with van der Waals surface area (Å²) in [6.07, 6.45) is 4.06. The Morgan fingerprint density at radius 1 is 1.36 bits per heavy atom. The molecule has 122 valence electrons. The zero-order chi connectivity index (χ0) is 14.8. The lowest BCUT2D eigenvalue weighted by Crippen LogP contribution is -2.50. The molecule has 2 bridgehead atoms.